The molecular formula is C21H27N3O2S. The van der Waals surface area contributed by atoms with Crippen molar-refractivity contribution in [1.82, 2.24) is 14.7 Å². The van der Waals surface area contributed by atoms with Crippen LogP contribution in [0.1, 0.15) is 10.4 Å². The lowest BCUT2D eigenvalue weighted by Crippen LogP contribution is -2.51. The summed E-state index contributed by atoms with van der Waals surface area (Å²) in [6.45, 7) is 7.75. The molecule has 2 aliphatic heterocycles. The second-order valence-electron chi connectivity index (χ2n) is 7.21. The van der Waals surface area contributed by atoms with Gasteiger partial charge in [-0.05, 0) is 35.6 Å². The predicted molar refractivity (Wildman–Crippen MR) is 108 cm³/mol. The van der Waals surface area contributed by atoms with E-state index < -0.39 is 0 Å². The second kappa shape index (κ2) is 8.87. The topological polar surface area (TPSA) is 36.0 Å². The summed E-state index contributed by atoms with van der Waals surface area (Å²) < 4.78 is 5.79. The van der Waals surface area contributed by atoms with Gasteiger partial charge in [-0.2, -0.15) is 0 Å². The van der Waals surface area contributed by atoms with Crippen LogP contribution in [0.3, 0.4) is 0 Å². The van der Waals surface area contributed by atoms with Crippen molar-refractivity contribution in [1.29, 1.82) is 0 Å². The van der Waals surface area contributed by atoms with Crippen molar-refractivity contribution in [2.24, 2.45) is 0 Å². The third-order valence-corrected chi connectivity index (χ3v) is 6.43. The number of nitrogens with zero attached hydrogens (tertiary/aromatic N) is 3. The van der Waals surface area contributed by atoms with E-state index in [1.54, 1.807) is 0 Å². The maximum absolute atomic E-state index is 12.7. The monoisotopic (exact) mass is 385 g/mol. The molecule has 1 saturated heterocycles. The third kappa shape index (κ3) is 4.89. The van der Waals surface area contributed by atoms with Crippen LogP contribution >= 0.6 is 11.3 Å². The fourth-order valence-electron chi connectivity index (χ4n) is 3.73. The first kappa shape index (κ1) is 18.5. The Morgan fingerprint density at radius 3 is 2.59 bits per heavy atom. The van der Waals surface area contributed by atoms with E-state index in [1.165, 1.54) is 10.4 Å². The number of amides is 1. The lowest BCUT2D eigenvalue weighted by atomic mass is 10.1. The fraction of sp³-hybridized carbons (Fsp3) is 0.476. The number of para-hydroxylation sites is 1. The second-order valence-corrected chi connectivity index (χ2v) is 8.21. The Labute approximate surface area is 165 Å². The molecule has 1 aromatic heterocycles. The number of carbonyl (C=O) groups is 1. The summed E-state index contributed by atoms with van der Waals surface area (Å²) in [5.74, 6) is 1.20. The summed E-state index contributed by atoms with van der Waals surface area (Å²) in [5, 5.41) is 2.14. The minimum Gasteiger partial charge on any atom is -0.492 e. The van der Waals surface area contributed by atoms with Crippen molar-refractivity contribution in [3.05, 3.63) is 52.2 Å². The van der Waals surface area contributed by atoms with Gasteiger partial charge in [0.1, 0.15) is 12.4 Å². The number of ether oxygens (including phenoxy) is 1. The van der Waals surface area contributed by atoms with E-state index >= 15 is 0 Å². The van der Waals surface area contributed by atoms with Gasteiger partial charge in [0.15, 0.2) is 0 Å². The van der Waals surface area contributed by atoms with Crippen LogP contribution in [-0.4, -0.2) is 73.0 Å². The van der Waals surface area contributed by atoms with Crippen LogP contribution in [0.5, 0.6) is 5.75 Å². The van der Waals surface area contributed by atoms with Gasteiger partial charge in [-0.25, -0.2) is 0 Å². The number of piperazine rings is 1. The quantitative estimate of drug-likeness (QED) is 0.765. The molecular weight excluding hydrogens is 358 g/mol. The van der Waals surface area contributed by atoms with E-state index in [9.17, 15) is 4.79 Å². The van der Waals surface area contributed by atoms with Crippen molar-refractivity contribution in [3.8, 4) is 5.75 Å². The molecule has 3 heterocycles. The van der Waals surface area contributed by atoms with Crippen molar-refractivity contribution < 1.29 is 9.53 Å². The molecule has 0 aliphatic carbocycles. The molecule has 0 spiro atoms. The van der Waals surface area contributed by atoms with Crippen LogP contribution in [0.2, 0.25) is 0 Å². The van der Waals surface area contributed by atoms with Gasteiger partial charge in [0.2, 0.25) is 5.91 Å². The number of carbonyl (C=O) groups excluding carboxylic acids is 1. The molecule has 6 heteroatoms. The predicted octanol–water partition coefficient (Wildman–Crippen LogP) is 2.33. The van der Waals surface area contributed by atoms with Crippen molar-refractivity contribution in [3.63, 3.8) is 0 Å². The van der Waals surface area contributed by atoms with Crippen LogP contribution in [-0.2, 0) is 17.8 Å². The first-order chi connectivity index (χ1) is 13.3. The molecule has 2 aliphatic rings. The normalized spacial score (nSPS) is 18.3. The molecule has 144 valence electrons. The van der Waals surface area contributed by atoms with E-state index in [2.05, 4.69) is 21.2 Å². The molecule has 0 unspecified atom stereocenters. The average Bonchev–Trinajstić information content (AvgIpc) is 3.18. The Morgan fingerprint density at radius 1 is 1.00 bits per heavy atom. The maximum Gasteiger partial charge on any atom is 0.237 e. The van der Waals surface area contributed by atoms with Gasteiger partial charge in [-0.1, -0.05) is 18.2 Å². The van der Waals surface area contributed by atoms with Crippen LogP contribution in [0.4, 0.5) is 0 Å². The lowest BCUT2D eigenvalue weighted by molar-refractivity contribution is -0.133. The van der Waals surface area contributed by atoms with Crippen LogP contribution in [0.25, 0.3) is 0 Å². The molecule has 0 atom stereocenters. The average molecular weight is 386 g/mol. The molecule has 5 nitrogen and oxygen atoms in total. The molecule has 1 aromatic carbocycles. The highest BCUT2D eigenvalue weighted by molar-refractivity contribution is 7.10. The highest BCUT2D eigenvalue weighted by atomic mass is 32.1. The number of rotatable bonds is 6. The minimum atomic E-state index is 0.271. The fourth-order valence-corrected chi connectivity index (χ4v) is 4.62. The third-order valence-electron chi connectivity index (χ3n) is 5.40. The molecule has 0 radical (unpaired) electrons. The standard InChI is InChI=1S/C21H27N3O2S/c25-21(24-8-6-20-18(16-24)7-15-27-20)17-23-11-9-22(10-12-23)13-14-26-19-4-2-1-3-5-19/h1-5,7,15H,6,8-14,16-17H2. The van der Waals surface area contributed by atoms with Gasteiger partial charge >= 0.3 is 0 Å². The summed E-state index contributed by atoms with van der Waals surface area (Å²) in [5.41, 5.74) is 1.34. The first-order valence-corrected chi connectivity index (χ1v) is 10.6. The Balaban J connectivity index is 1.16. The van der Waals surface area contributed by atoms with E-state index in [0.717, 1.165) is 58.0 Å². The van der Waals surface area contributed by atoms with Crippen molar-refractivity contribution in [2.75, 3.05) is 52.4 Å². The van der Waals surface area contributed by atoms with E-state index in [-0.39, 0.29) is 5.91 Å². The number of hydrogen-bond donors (Lipinski definition) is 0. The summed E-state index contributed by atoms with van der Waals surface area (Å²) in [6.07, 6.45) is 1.01. The van der Waals surface area contributed by atoms with Gasteiger partial charge in [0.05, 0.1) is 6.54 Å². The zero-order chi connectivity index (χ0) is 18.5. The van der Waals surface area contributed by atoms with Gasteiger partial charge < -0.3 is 9.64 Å². The Bertz CT molecular complexity index is 741. The van der Waals surface area contributed by atoms with Crippen LogP contribution in [0.15, 0.2) is 41.8 Å². The minimum absolute atomic E-state index is 0.271. The van der Waals surface area contributed by atoms with Crippen molar-refractivity contribution >= 4 is 17.2 Å². The number of thiophene rings is 1. The highest BCUT2D eigenvalue weighted by Crippen LogP contribution is 2.24. The zero-order valence-corrected chi connectivity index (χ0v) is 16.5. The maximum atomic E-state index is 12.7. The van der Waals surface area contributed by atoms with Crippen molar-refractivity contribution in [2.45, 2.75) is 13.0 Å². The molecule has 0 bridgehead atoms. The summed E-state index contributed by atoms with van der Waals surface area (Å²) >= 11 is 1.82. The van der Waals surface area contributed by atoms with Gasteiger partial charge in [-0.3, -0.25) is 14.6 Å². The largest absolute Gasteiger partial charge is 0.492 e. The van der Waals surface area contributed by atoms with E-state index in [4.69, 9.17) is 4.74 Å². The Hall–Kier alpha value is -1.89. The molecule has 4 rings (SSSR count). The first-order valence-electron chi connectivity index (χ1n) is 9.73. The molecule has 0 saturated carbocycles. The molecule has 2 aromatic rings. The molecule has 1 amide bonds. The van der Waals surface area contributed by atoms with E-state index in [0.29, 0.717) is 13.2 Å². The zero-order valence-electron chi connectivity index (χ0n) is 15.7. The van der Waals surface area contributed by atoms with Gasteiger partial charge in [0.25, 0.3) is 0 Å². The van der Waals surface area contributed by atoms with Crippen LogP contribution in [0, 0.1) is 0 Å². The number of fused-ring (bicyclic) bond motifs is 1. The summed E-state index contributed by atoms with van der Waals surface area (Å²) in [6, 6.07) is 12.1. The SMILES string of the molecule is O=C(CN1CCN(CCOc2ccccc2)CC1)N1CCc2sccc2C1. The molecule has 1 fully saturated rings. The van der Waals surface area contributed by atoms with Gasteiger partial charge in [0, 0.05) is 50.7 Å². The Morgan fingerprint density at radius 2 is 1.78 bits per heavy atom. The van der Waals surface area contributed by atoms with Crippen LogP contribution < -0.4 is 4.74 Å². The summed E-state index contributed by atoms with van der Waals surface area (Å²) in [7, 11) is 0. The van der Waals surface area contributed by atoms with E-state index in [1.807, 2.05) is 46.6 Å². The highest BCUT2D eigenvalue weighted by Gasteiger charge is 2.24. The smallest absolute Gasteiger partial charge is 0.237 e. The molecule has 27 heavy (non-hydrogen) atoms. The molecule has 0 N–H and O–H groups in total. The lowest BCUT2D eigenvalue weighted by Gasteiger charge is -2.36. The Kier molecular flexibility index (Phi) is 6.07. The number of benzene rings is 1. The number of hydrogen-bond acceptors (Lipinski definition) is 5. The van der Waals surface area contributed by atoms with Gasteiger partial charge in [-0.15, -0.1) is 11.3 Å². The summed E-state index contributed by atoms with van der Waals surface area (Å²) in [4.78, 5) is 20.8.